The molecule has 1 aromatic rings. The monoisotopic (exact) mass is 197 g/mol. The molecule has 3 heteroatoms. The van der Waals surface area contributed by atoms with Crippen molar-refractivity contribution in [3.63, 3.8) is 0 Å². The van der Waals surface area contributed by atoms with E-state index >= 15 is 0 Å². The molecule has 1 aliphatic carbocycles. The first kappa shape index (κ1) is 9.19. The number of rotatable bonds is 4. The molecule has 0 spiro atoms. The molecule has 2 nitrogen and oxygen atoms in total. The van der Waals surface area contributed by atoms with Gasteiger partial charge in [-0.1, -0.05) is 0 Å². The molecule has 2 atom stereocenters. The number of nitrogens with two attached hydrogens (primary N) is 1. The van der Waals surface area contributed by atoms with Crippen molar-refractivity contribution < 1.29 is 4.74 Å². The van der Waals surface area contributed by atoms with Crippen LogP contribution in [0.1, 0.15) is 24.4 Å². The lowest BCUT2D eigenvalue weighted by Gasteiger charge is -2.21. The van der Waals surface area contributed by atoms with Crippen molar-refractivity contribution in [3.05, 3.63) is 22.4 Å². The molecule has 72 valence electrons. The molecule has 1 aliphatic rings. The van der Waals surface area contributed by atoms with E-state index in [-0.39, 0.29) is 12.1 Å². The van der Waals surface area contributed by atoms with Gasteiger partial charge in [-0.3, -0.25) is 0 Å². The summed E-state index contributed by atoms with van der Waals surface area (Å²) in [7, 11) is 1.76. The molecule has 1 fully saturated rings. The summed E-state index contributed by atoms with van der Waals surface area (Å²) in [5.41, 5.74) is 7.33. The predicted molar refractivity (Wildman–Crippen MR) is 54.8 cm³/mol. The summed E-state index contributed by atoms with van der Waals surface area (Å²) in [5, 5.41) is 4.17. The molecule has 0 radical (unpaired) electrons. The maximum atomic E-state index is 6.12. The maximum absolute atomic E-state index is 6.12. The van der Waals surface area contributed by atoms with Gasteiger partial charge in [0.2, 0.25) is 0 Å². The summed E-state index contributed by atoms with van der Waals surface area (Å²) in [6.07, 6.45) is 2.77. The molecule has 0 aliphatic heterocycles. The fourth-order valence-corrected chi connectivity index (χ4v) is 2.42. The van der Waals surface area contributed by atoms with Crippen LogP contribution in [0, 0.1) is 5.92 Å². The first-order chi connectivity index (χ1) is 6.33. The van der Waals surface area contributed by atoms with Crippen LogP contribution >= 0.6 is 11.3 Å². The summed E-state index contributed by atoms with van der Waals surface area (Å²) in [6.45, 7) is 0. The Morgan fingerprint density at radius 3 is 2.85 bits per heavy atom. The molecule has 0 amide bonds. The number of methoxy groups -OCH3 is 1. The van der Waals surface area contributed by atoms with E-state index < -0.39 is 0 Å². The second kappa shape index (κ2) is 3.78. The van der Waals surface area contributed by atoms with Gasteiger partial charge in [0.25, 0.3) is 0 Å². The second-order valence-corrected chi connectivity index (χ2v) is 4.40. The average molecular weight is 197 g/mol. The zero-order chi connectivity index (χ0) is 9.26. The van der Waals surface area contributed by atoms with Crippen molar-refractivity contribution in [1.29, 1.82) is 0 Å². The molecule has 13 heavy (non-hydrogen) atoms. The standard InChI is InChI=1S/C10H15NOS/c1-12-10(7-2-3-7)9(11)8-4-5-13-6-8/h4-7,9-10H,2-3,11H2,1H3. The van der Waals surface area contributed by atoms with E-state index in [2.05, 4.69) is 16.8 Å². The van der Waals surface area contributed by atoms with Crippen molar-refractivity contribution in [1.82, 2.24) is 0 Å². The zero-order valence-corrected chi connectivity index (χ0v) is 8.59. The van der Waals surface area contributed by atoms with Crippen molar-refractivity contribution in [2.45, 2.75) is 25.0 Å². The van der Waals surface area contributed by atoms with Crippen LogP contribution in [0.25, 0.3) is 0 Å². The Hall–Kier alpha value is -0.380. The van der Waals surface area contributed by atoms with Gasteiger partial charge in [0, 0.05) is 7.11 Å². The van der Waals surface area contributed by atoms with Crippen LogP contribution in [0.2, 0.25) is 0 Å². The molecular weight excluding hydrogens is 182 g/mol. The van der Waals surface area contributed by atoms with Gasteiger partial charge in [0.15, 0.2) is 0 Å². The van der Waals surface area contributed by atoms with E-state index in [4.69, 9.17) is 10.5 Å². The third-order valence-corrected chi connectivity index (χ3v) is 3.34. The third kappa shape index (κ3) is 1.93. The molecule has 2 unspecified atom stereocenters. The Morgan fingerprint density at radius 1 is 1.62 bits per heavy atom. The first-order valence-corrected chi connectivity index (χ1v) is 5.57. The molecule has 1 heterocycles. The van der Waals surface area contributed by atoms with Crippen LogP contribution in [-0.2, 0) is 4.74 Å². The SMILES string of the molecule is COC(C1CC1)C(N)c1ccsc1. The predicted octanol–water partition coefficient (Wildman–Crippen LogP) is 2.17. The van der Waals surface area contributed by atoms with Gasteiger partial charge in [0.05, 0.1) is 12.1 Å². The molecule has 0 bridgehead atoms. The van der Waals surface area contributed by atoms with Crippen molar-refractivity contribution in [2.24, 2.45) is 11.7 Å². The van der Waals surface area contributed by atoms with Crippen LogP contribution in [0.4, 0.5) is 0 Å². The highest BCUT2D eigenvalue weighted by Gasteiger charge is 2.35. The summed E-state index contributed by atoms with van der Waals surface area (Å²) in [5.74, 6) is 0.694. The fourth-order valence-electron chi connectivity index (χ4n) is 1.71. The highest BCUT2D eigenvalue weighted by molar-refractivity contribution is 7.07. The van der Waals surface area contributed by atoms with Crippen LogP contribution in [0.5, 0.6) is 0 Å². The van der Waals surface area contributed by atoms with Gasteiger partial charge in [-0.15, -0.1) is 0 Å². The Morgan fingerprint density at radius 2 is 2.38 bits per heavy atom. The Kier molecular flexibility index (Phi) is 2.67. The minimum absolute atomic E-state index is 0.0590. The maximum Gasteiger partial charge on any atom is 0.0792 e. The van der Waals surface area contributed by atoms with E-state index in [1.165, 1.54) is 18.4 Å². The van der Waals surface area contributed by atoms with Gasteiger partial charge < -0.3 is 10.5 Å². The normalized spacial score (nSPS) is 21.4. The van der Waals surface area contributed by atoms with Crippen molar-refractivity contribution in [3.8, 4) is 0 Å². The van der Waals surface area contributed by atoms with Gasteiger partial charge in [-0.2, -0.15) is 11.3 Å². The Balaban J connectivity index is 2.05. The highest BCUT2D eigenvalue weighted by Crippen LogP contribution is 2.39. The summed E-state index contributed by atoms with van der Waals surface area (Å²) in [6, 6.07) is 2.15. The van der Waals surface area contributed by atoms with Crippen molar-refractivity contribution in [2.75, 3.05) is 7.11 Å². The molecule has 2 rings (SSSR count). The largest absolute Gasteiger partial charge is 0.379 e. The minimum Gasteiger partial charge on any atom is -0.379 e. The zero-order valence-electron chi connectivity index (χ0n) is 7.77. The highest BCUT2D eigenvalue weighted by atomic mass is 32.1. The Labute approximate surface area is 82.7 Å². The molecule has 2 N–H and O–H groups in total. The van der Waals surface area contributed by atoms with Gasteiger partial charge in [-0.25, -0.2) is 0 Å². The van der Waals surface area contributed by atoms with Gasteiger partial charge in [-0.05, 0) is 41.1 Å². The summed E-state index contributed by atoms with van der Waals surface area (Å²) < 4.78 is 5.44. The third-order valence-electron chi connectivity index (χ3n) is 2.64. The number of hydrogen-bond donors (Lipinski definition) is 1. The van der Waals surface area contributed by atoms with E-state index in [0.717, 1.165) is 0 Å². The van der Waals surface area contributed by atoms with Gasteiger partial charge >= 0.3 is 0 Å². The molecule has 1 aromatic heterocycles. The summed E-state index contributed by atoms with van der Waals surface area (Å²) in [4.78, 5) is 0. The first-order valence-electron chi connectivity index (χ1n) is 4.63. The molecule has 0 saturated heterocycles. The molecular formula is C10H15NOS. The smallest absolute Gasteiger partial charge is 0.0792 e. The van der Waals surface area contributed by atoms with Crippen LogP contribution in [0.3, 0.4) is 0 Å². The van der Waals surface area contributed by atoms with E-state index in [1.807, 2.05) is 0 Å². The fraction of sp³-hybridized carbons (Fsp3) is 0.600. The van der Waals surface area contributed by atoms with Gasteiger partial charge in [0.1, 0.15) is 0 Å². The van der Waals surface area contributed by atoms with E-state index in [1.54, 1.807) is 18.4 Å². The lowest BCUT2D eigenvalue weighted by atomic mass is 10.0. The number of thiophene rings is 1. The molecule has 0 aromatic carbocycles. The van der Waals surface area contributed by atoms with Crippen LogP contribution < -0.4 is 5.73 Å². The van der Waals surface area contributed by atoms with Crippen LogP contribution in [-0.4, -0.2) is 13.2 Å². The number of hydrogen-bond acceptors (Lipinski definition) is 3. The van der Waals surface area contributed by atoms with E-state index in [0.29, 0.717) is 5.92 Å². The minimum atomic E-state index is 0.0590. The topological polar surface area (TPSA) is 35.2 Å². The lowest BCUT2D eigenvalue weighted by molar-refractivity contribution is 0.0625. The second-order valence-electron chi connectivity index (χ2n) is 3.62. The average Bonchev–Trinajstić information content (AvgIpc) is 2.83. The van der Waals surface area contributed by atoms with E-state index in [9.17, 15) is 0 Å². The summed E-state index contributed by atoms with van der Waals surface area (Å²) >= 11 is 1.69. The van der Waals surface area contributed by atoms with Crippen molar-refractivity contribution >= 4 is 11.3 Å². The molecule has 1 saturated carbocycles. The van der Waals surface area contributed by atoms with Crippen LogP contribution in [0.15, 0.2) is 16.8 Å². The Bertz CT molecular complexity index is 256. The lowest BCUT2D eigenvalue weighted by Crippen LogP contribution is -2.29. The quantitative estimate of drug-likeness (QED) is 0.803. The number of ether oxygens (including phenoxy) is 1.